The van der Waals surface area contributed by atoms with Gasteiger partial charge in [-0.2, -0.15) is 9.97 Å². The molecule has 7 rings (SSSR count). The number of methoxy groups -OCH3 is 2. The number of anilines is 1. The van der Waals surface area contributed by atoms with Crippen molar-refractivity contribution in [2.75, 3.05) is 58.7 Å². The molecule has 0 aliphatic carbocycles. The van der Waals surface area contributed by atoms with Crippen molar-refractivity contribution in [2.45, 2.75) is 63.6 Å². The van der Waals surface area contributed by atoms with Gasteiger partial charge in [0.05, 0.1) is 24.0 Å². The molecule has 0 saturated carbocycles. The molecule has 5 heterocycles. The molecule has 266 valence electrons. The Morgan fingerprint density at radius 2 is 1.92 bits per heavy atom. The van der Waals surface area contributed by atoms with Crippen LogP contribution >= 0.6 is 0 Å². The van der Waals surface area contributed by atoms with Gasteiger partial charge in [-0.3, -0.25) is 14.7 Å². The van der Waals surface area contributed by atoms with E-state index in [4.69, 9.17) is 23.9 Å². The lowest BCUT2D eigenvalue weighted by atomic mass is 9.94. The molecular formula is C37H42F3N5O5. The number of aromatic nitrogens is 3. The molecule has 3 atom stereocenters. The zero-order valence-electron chi connectivity index (χ0n) is 28.6. The van der Waals surface area contributed by atoms with Crippen molar-refractivity contribution >= 4 is 33.5 Å². The minimum atomic E-state index is -0.943. The number of carbonyl (C=O) groups is 1. The summed E-state index contributed by atoms with van der Waals surface area (Å²) in [5, 5.41) is 1.51. The highest BCUT2D eigenvalue weighted by molar-refractivity contribution is 6.02. The van der Waals surface area contributed by atoms with Crippen LogP contribution in [0.1, 0.15) is 51.0 Å². The molecular weight excluding hydrogens is 651 g/mol. The lowest BCUT2D eigenvalue weighted by Gasteiger charge is -2.31. The van der Waals surface area contributed by atoms with E-state index < -0.39 is 29.3 Å². The Labute approximate surface area is 288 Å². The van der Waals surface area contributed by atoms with E-state index in [-0.39, 0.29) is 36.6 Å². The zero-order valence-corrected chi connectivity index (χ0v) is 28.6. The molecule has 10 nitrogen and oxygen atoms in total. The standard InChI is InChI=1S/C37H42F3N5O5/c1-4-26-29(39)10-9-22-14-25(50-21-47-2)15-27(30(22)26)32-31(40)33-28(17-41-32)34(44-12-6-5-8-23(18-44)35(46)48-3)43-36(42-33)49-20-37-11-7-13-45(37)19-24(38)16-37/h9-10,14-15,17,23-24H,4-8,11-13,16,18-21H2,1-3H3/t23?,24-,37+/m1/s1. The van der Waals surface area contributed by atoms with Gasteiger partial charge < -0.3 is 23.8 Å². The first-order chi connectivity index (χ1) is 24.2. The Kier molecular flexibility index (Phi) is 9.71. The van der Waals surface area contributed by atoms with E-state index in [1.54, 1.807) is 18.2 Å². The first-order valence-corrected chi connectivity index (χ1v) is 17.3. The maximum Gasteiger partial charge on any atom is 0.319 e. The lowest BCUT2D eigenvalue weighted by molar-refractivity contribution is -0.145. The molecule has 13 heteroatoms. The quantitative estimate of drug-likeness (QED) is 0.137. The molecule has 0 amide bonds. The van der Waals surface area contributed by atoms with Gasteiger partial charge in [0.2, 0.25) is 0 Å². The van der Waals surface area contributed by atoms with Crippen LogP contribution in [0.2, 0.25) is 0 Å². The zero-order chi connectivity index (χ0) is 35.0. The second kappa shape index (κ2) is 14.2. The SMILES string of the molecule is CCc1c(F)ccc2cc(OCOC)cc(-c3ncc4c(N5CCCCC(C(=O)OC)C5)nc(OC[C@@]56CCCN5C[C@H](F)C6)nc4c3F)c12. The molecule has 2 aromatic heterocycles. The van der Waals surface area contributed by atoms with E-state index in [0.29, 0.717) is 77.7 Å². The third-order valence-electron chi connectivity index (χ3n) is 10.5. The predicted molar refractivity (Wildman–Crippen MR) is 182 cm³/mol. The molecule has 3 fully saturated rings. The maximum absolute atomic E-state index is 17.2. The number of esters is 1. The summed E-state index contributed by atoms with van der Waals surface area (Å²) in [6.07, 6.45) is 5.27. The van der Waals surface area contributed by atoms with Gasteiger partial charge in [-0.15, -0.1) is 0 Å². The summed E-state index contributed by atoms with van der Waals surface area (Å²) < 4.78 is 69.2. The number of hydrogen-bond donors (Lipinski definition) is 0. The molecule has 50 heavy (non-hydrogen) atoms. The number of hydrogen-bond acceptors (Lipinski definition) is 10. The minimum Gasteiger partial charge on any atom is -0.469 e. The fourth-order valence-electron chi connectivity index (χ4n) is 8.09. The lowest BCUT2D eigenvalue weighted by Crippen LogP contribution is -2.43. The Hall–Kier alpha value is -4.23. The van der Waals surface area contributed by atoms with E-state index in [1.807, 2.05) is 11.8 Å². The van der Waals surface area contributed by atoms with Crippen LogP contribution in [0, 0.1) is 17.6 Å². The van der Waals surface area contributed by atoms with Crippen molar-refractivity contribution in [3.8, 4) is 23.0 Å². The summed E-state index contributed by atoms with van der Waals surface area (Å²) in [5.74, 6) is -1.07. The molecule has 1 unspecified atom stereocenters. The summed E-state index contributed by atoms with van der Waals surface area (Å²) in [5.41, 5.74) is 0.219. The number of carbonyl (C=O) groups excluding carboxylic acids is 1. The van der Waals surface area contributed by atoms with Gasteiger partial charge in [0.25, 0.3) is 0 Å². The number of fused-ring (bicyclic) bond motifs is 3. The van der Waals surface area contributed by atoms with Crippen molar-refractivity contribution in [3.05, 3.63) is 47.7 Å². The Morgan fingerprint density at radius 3 is 2.72 bits per heavy atom. The van der Waals surface area contributed by atoms with Gasteiger partial charge in [0, 0.05) is 44.9 Å². The minimum absolute atomic E-state index is 0.0322. The van der Waals surface area contributed by atoms with Crippen LogP contribution < -0.4 is 14.4 Å². The normalized spacial score (nSPS) is 22.6. The molecule has 2 aromatic carbocycles. The smallest absolute Gasteiger partial charge is 0.319 e. The Balaban J connectivity index is 1.38. The number of aryl methyl sites for hydroxylation is 1. The first-order valence-electron chi connectivity index (χ1n) is 17.3. The number of nitrogens with zero attached hydrogens (tertiary/aromatic N) is 5. The molecule has 0 radical (unpaired) electrons. The summed E-state index contributed by atoms with van der Waals surface area (Å²) in [6, 6.07) is 6.37. The largest absolute Gasteiger partial charge is 0.469 e. The molecule has 3 aliphatic heterocycles. The fourth-order valence-corrected chi connectivity index (χ4v) is 8.09. The van der Waals surface area contributed by atoms with Crippen molar-refractivity contribution in [2.24, 2.45) is 5.92 Å². The highest BCUT2D eigenvalue weighted by Gasteiger charge is 2.49. The van der Waals surface area contributed by atoms with Crippen molar-refractivity contribution in [1.29, 1.82) is 0 Å². The van der Waals surface area contributed by atoms with Crippen LogP contribution in [0.3, 0.4) is 0 Å². The Morgan fingerprint density at radius 1 is 1.06 bits per heavy atom. The van der Waals surface area contributed by atoms with Gasteiger partial charge in [-0.1, -0.05) is 19.4 Å². The van der Waals surface area contributed by atoms with E-state index in [9.17, 15) is 9.18 Å². The fraction of sp³-hybridized carbons (Fsp3) is 0.514. The number of halogens is 3. The van der Waals surface area contributed by atoms with E-state index in [1.165, 1.54) is 26.5 Å². The predicted octanol–water partition coefficient (Wildman–Crippen LogP) is 6.40. The second-order valence-electron chi connectivity index (χ2n) is 13.5. The molecule has 0 N–H and O–H groups in total. The summed E-state index contributed by atoms with van der Waals surface area (Å²) in [7, 11) is 2.87. The molecule has 0 spiro atoms. The topological polar surface area (TPSA) is 99.1 Å². The number of benzene rings is 2. The van der Waals surface area contributed by atoms with Gasteiger partial charge in [-0.25, -0.2) is 13.2 Å². The highest BCUT2D eigenvalue weighted by Crippen LogP contribution is 2.42. The average molecular weight is 694 g/mol. The number of rotatable bonds is 10. The highest BCUT2D eigenvalue weighted by atomic mass is 19.1. The van der Waals surface area contributed by atoms with Gasteiger partial charge in [0.1, 0.15) is 41.4 Å². The second-order valence-corrected chi connectivity index (χ2v) is 13.5. The molecule has 4 aromatic rings. The monoisotopic (exact) mass is 693 g/mol. The number of alkyl halides is 1. The van der Waals surface area contributed by atoms with Crippen LogP contribution in [-0.2, 0) is 20.7 Å². The van der Waals surface area contributed by atoms with Crippen LogP contribution in [0.5, 0.6) is 11.8 Å². The molecule has 3 aliphatic rings. The number of pyridine rings is 1. The van der Waals surface area contributed by atoms with Gasteiger partial charge in [0.15, 0.2) is 12.6 Å². The third-order valence-corrected chi connectivity index (χ3v) is 10.5. The molecule has 0 bridgehead atoms. The van der Waals surface area contributed by atoms with Crippen molar-refractivity contribution < 1.29 is 36.9 Å². The van der Waals surface area contributed by atoms with E-state index in [2.05, 4.69) is 14.9 Å². The summed E-state index contributed by atoms with van der Waals surface area (Å²) in [4.78, 5) is 30.8. The van der Waals surface area contributed by atoms with Gasteiger partial charge in [-0.05, 0) is 73.2 Å². The maximum atomic E-state index is 17.2. The third kappa shape index (κ3) is 6.30. The van der Waals surface area contributed by atoms with Gasteiger partial charge >= 0.3 is 12.0 Å². The van der Waals surface area contributed by atoms with E-state index in [0.717, 1.165) is 32.2 Å². The van der Waals surface area contributed by atoms with Crippen LogP contribution in [0.4, 0.5) is 19.0 Å². The number of ether oxygens (including phenoxy) is 4. The van der Waals surface area contributed by atoms with Crippen LogP contribution in [0.25, 0.3) is 32.9 Å². The average Bonchev–Trinajstić information content (AvgIpc) is 3.53. The van der Waals surface area contributed by atoms with Crippen molar-refractivity contribution in [3.63, 3.8) is 0 Å². The molecule has 3 saturated heterocycles. The summed E-state index contributed by atoms with van der Waals surface area (Å²) in [6.45, 7) is 3.99. The first kappa shape index (κ1) is 34.2. The summed E-state index contributed by atoms with van der Waals surface area (Å²) >= 11 is 0. The van der Waals surface area contributed by atoms with Crippen LogP contribution in [0.15, 0.2) is 30.5 Å². The van der Waals surface area contributed by atoms with Crippen LogP contribution in [-0.4, -0.2) is 91.3 Å². The Bertz CT molecular complexity index is 1910. The van der Waals surface area contributed by atoms with Crippen molar-refractivity contribution in [1.82, 2.24) is 19.9 Å². The van der Waals surface area contributed by atoms with E-state index >= 15 is 8.78 Å².